The highest BCUT2D eigenvalue weighted by atomic mass is 35.5. The number of halogens is 1. The van der Waals surface area contributed by atoms with Gasteiger partial charge in [0.25, 0.3) is 15.9 Å². The lowest BCUT2D eigenvalue weighted by atomic mass is 10.0. The molecular formula is C26H22ClN5O4S. The minimum atomic E-state index is -3.90. The molecule has 4 aromatic rings. The Hall–Kier alpha value is -4.28. The molecule has 1 heterocycles. The Morgan fingerprint density at radius 1 is 0.838 bits per heavy atom. The Morgan fingerprint density at radius 2 is 1.49 bits per heavy atom. The summed E-state index contributed by atoms with van der Waals surface area (Å²) in [6.07, 6.45) is 2.78. The van der Waals surface area contributed by atoms with Gasteiger partial charge in [-0.15, -0.1) is 0 Å². The van der Waals surface area contributed by atoms with Crippen LogP contribution >= 0.6 is 11.6 Å². The smallest absolute Gasteiger partial charge is 0.264 e. The van der Waals surface area contributed by atoms with E-state index in [1.807, 2.05) is 30.3 Å². The van der Waals surface area contributed by atoms with Gasteiger partial charge in [-0.1, -0.05) is 54.1 Å². The Morgan fingerprint density at radius 3 is 2.16 bits per heavy atom. The number of nitrogens with one attached hydrogen (secondary N) is 3. The number of carbonyl (C=O) groups is 2. The average Bonchev–Trinajstić information content (AvgIpc) is 2.89. The van der Waals surface area contributed by atoms with Crippen LogP contribution in [0.3, 0.4) is 0 Å². The Kier molecular flexibility index (Phi) is 8.11. The summed E-state index contributed by atoms with van der Waals surface area (Å²) in [5.41, 5.74) is 1.44. The van der Waals surface area contributed by atoms with Crippen molar-refractivity contribution in [1.82, 2.24) is 15.3 Å². The fraction of sp³-hybridized carbons (Fsp3) is 0.0769. The van der Waals surface area contributed by atoms with E-state index in [1.54, 1.807) is 30.3 Å². The van der Waals surface area contributed by atoms with E-state index in [2.05, 4.69) is 25.3 Å². The molecule has 37 heavy (non-hydrogen) atoms. The van der Waals surface area contributed by atoms with Crippen molar-refractivity contribution < 1.29 is 18.0 Å². The maximum Gasteiger partial charge on any atom is 0.264 e. The van der Waals surface area contributed by atoms with Crippen LogP contribution in [-0.2, 0) is 14.8 Å². The maximum absolute atomic E-state index is 12.9. The Labute approximate surface area is 219 Å². The number of aromatic nitrogens is 2. The van der Waals surface area contributed by atoms with Crippen LogP contribution in [-0.4, -0.2) is 30.2 Å². The van der Waals surface area contributed by atoms with Crippen LogP contribution in [0, 0.1) is 0 Å². The van der Waals surface area contributed by atoms with Gasteiger partial charge in [0.2, 0.25) is 11.9 Å². The number of hydrogen-bond acceptors (Lipinski definition) is 6. The predicted octanol–water partition coefficient (Wildman–Crippen LogP) is 4.43. The van der Waals surface area contributed by atoms with Gasteiger partial charge in [-0.05, 0) is 48.0 Å². The highest BCUT2D eigenvalue weighted by molar-refractivity contribution is 7.92. The van der Waals surface area contributed by atoms with E-state index < -0.39 is 22.0 Å². The molecule has 0 bridgehead atoms. The Bertz CT molecular complexity index is 1480. The van der Waals surface area contributed by atoms with Gasteiger partial charge in [-0.25, -0.2) is 23.1 Å². The summed E-state index contributed by atoms with van der Waals surface area (Å²) in [7, 11) is -3.90. The van der Waals surface area contributed by atoms with Crippen molar-refractivity contribution in [2.24, 2.45) is 0 Å². The number of benzene rings is 3. The fourth-order valence-electron chi connectivity index (χ4n) is 3.46. The fourth-order valence-corrected chi connectivity index (χ4v) is 4.64. The van der Waals surface area contributed by atoms with E-state index >= 15 is 0 Å². The van der Waals surface area contributed by atoms with Crippen molar-refractivity contribution in [2.75, 3.05) is 10.0 Å². The van der Waals surface area contributed by atoms with Crippen LogP contribution in [0.5, 0.6) is 0 Å². The minimum absolute atomic E-state index is 0.0212. The van der Waals surface area contributed by atoms with Gasteiger partial charge in [0.1, 0.15) is 0 Å². The van der Waals surface area contributed by atoms with Gasteiger partial charge in [-0.2, -0.15) is 0 Å². The third-order valence-electron chi connectivity index (χ3n) is 5.26. The van der Waals surface area contributed by atoms with E-state index in [4.69, 9.17) is 11.6 Å². The van der Waals surface area contributed by atoms with Crippen molar-refractivity contribution in [3.05, 3.63) is 113 Å². The lowest BCUT2D eigenvalue weighted by molar-refractivity contribution is -0.116. The molecule has 0 saturated heterocycles. The molecule has 0 unspecified atom stereocenters. The first-order chi connectivity index (χ1) is 17.8. The van der Waals surface area contributed by atoms with Crippen molar-refractivity contribution >= 4 is 45.1 Å². The van der Waals surface area contributed by atoms with Gasteiger partial charge >= 0.3 is 0 Å². The largest absolute Gasteiger partial charge is 0.345 e. The number of anilines is 2. The van der Waals surface area contributed by atoms with E-state index in [-0.39, 0.29) is 23.2 Å². The molecule has 11 heteroatoms. The van der Waals surface area contributed by atoms with Gasteiger partial charge < -0.3 is 10.6 Å². The lowest BCUT2D eigenvalue weighted by Crippen LogP contribution is -2.31. The van der Waals surface area contributed by atoms with Crippen LogP contribution in [0.15, 0.2) is 102 Å². The molecule has 2 amide bonds. The monoisotopic (exact) mass is 535 g/mol. The van der Waals surface area contributed by atoms with Crippen molar-refractivity contribution in [3.8, 4) is 0 Å². The van der Waals surface area contributed by atoms with Crippen LogP contribution in [0.25, 0.3) is 0 Å². The zero-order valence-corrected chi connectivity index (χ0v) is 20.9. The van der Waals surface area contributed by atoms with Crippen LogP contribution in [0.2, 0.25) is 5.02 Å². The summed E-state index contributed by atoms with van der Waals surface area (Å²) < 4.78 is 27.4. The van der Waals surface area contributed by atoms with Crippen LogP contribution in [0.4, 0.5) is 11.6 Å². The molecule has 188 valence electrons. The van der Waals surface area contributed by atoms with Crippen LogP contribution < -0.4 is 15.4 Å². The number of hydrogen-bond donors (Lipinski definition) is 3. The summed E-state index contributed by atoms with van der Waals surface area (Å²) in [4.78, 5) is 33.4. The molecule has 0 aliphatic carbocycles. The van der Waals surface area contributed by atoms with Gasteiger partial charge in [0, 0.05) is 18.1 Å². The molecular weight excluding hydrogens is 514 g/mol. The standard InChI is InChI=1S/C26H22ClN5O4S/c27-22-10-5-4-9-21(22)25(34)31-23(18-7-2-1-3-8-18)17-24(33)30-19-11-13-20(14-12-19)37(35,36)32-26-28-15-6-16-29-26/h1-16,23H,17H2,(H,30,33)(H,31,34)(H,28,29,32)/t23-/m1/s1. The molecule has 9 nitrogen and oxygen atoms in total. The number of nitrogens with zero attached hydrogens (tertiary/aromatic N) is 2. The third kappa shape index (κ3) is 6.90. The molecule has 1 aromatic heterocycles. The maximum atomic E-state index is 12.9. The summed E-state index contributed by atoms with van der Waals surface area (Å²) >= 11 is 6.16. The number of carbonyl (C=O) groups excluding carboxylic acids is 2. The first-order valence-electron chi connectivity index (χ1n) is 11.1. The van der Waals surface area contributed by atoms with E-state index in [1.165, 1.54) is 36.7 Å². The van der Waals surface area contributed by atoms with Gasteiger partial charge in [-0.3, -0.25) is 9.59 Å². The summed E-state index contributed by atoms with van der Waals surface area (Å²) in [6.45, 7) is 0. The normalized spacial score (nSPS) is 11.8. The zero-order valence-electron chi connectivity index (χ0n) is 19.3. The summed E-state index contributed by atoms with van der Waals surface area (Å²) in [5, 5.41) is 5.92. The predicted molar refractivity (Wildman–Crippen MR) is 141 cm³/mol. The summed E-state index contributed by atoms with van der Waals surface area (Å²) in [5.74, 6) is -0.831. The first-order valence-corrected chi connectivity index (χ1v) is 13.0. The van der Waals surface area contributed by atoms with E-state index in [9.17, 15) is 18.0 Å². The van der Waals surface area contributed by atoms with E-state index in [0.29, 0.717) is 16.3 Å². The van der Waals surface area contributed by atoms with Crippen molar-refractivity contribution in [1.29, 1.82) is 0 Å². The molecule has 0 radical (unpaired) electrons. The lowest BCUT2D eigenvalue weighted by Gasteiger charge is -2.19. The number of amides is 2. The molecule has 0 spiro atoms. The second-order valence-corrected chi connectivity index (χ2v) is 9.96. The summed E-state index contributed by atoms with van der Waals surface area (Å²) in [6, 6.07) is 22.3. The third-order valence-corrected chi connectivity index (χ3v) is 6.93. The molecule has 0 aliphatic heterocycles. The van der Waals surface area contributed by atoms with Crippen molar-refractivity contribution in [3.63, 3.8) is 0 Å². The Balaban J connectivity index is 1.44. The minimum Gasteiger partial charge on any atom is -0.345 e. The number of rotatable bonds is 9. The van der Waals surface area contributed by atoms with Gasteiger partial charge in [0.15, 0.2) is 0 Å². The molecule has 0 saturated carbocycles. The quantitative estimate of drug-likeness (QED) is 0.290. The molecule has 4 rings (SSSR count). The highest BCUT2D eigenvalue weighted by Gasteiger charge is 2.21. The highest BCUT2D eigenvalue weighted by Crippen LogP contribution is 2.22. The number of sulfonamides is 1. The molecule has 0 fully saturated rings. The second-order valence-electron chi connectivity index (χ2n) is 7.87. The first kappa shape index (κ1) is 25.8. The molecule has 0 aliphatic rings. The molecule has 3 N–H and O–H groups in total. The topological polar surface area (TPSA) is 130 Å². The molecule has 3 aromatic carbocycles. The zero-order chi connectivity index (χ0) is 26.3. The van der Waals surface area contributed by atoms with E-state index in [0.717, 1.165) is 5.56 Å². The second kappa shape index (κ2) is 11.6. The molecule has 1 atom stereocenters. The average molecular weight is 536 g/mol. The SMILES string of the molecule is O=C(C[C@@H](NC(=O)c1ccccc1Cl)c1ccccc1)Nc1ccc(S(=O)(=O)Nc2ncccn2)cc1. The van der Waals surface area contributed by atoms with Crippen molar-refractivity contribution in [2.45, 2.75) is 17.4 Å². The van der Waals surface area contributed by atoms with Gasteiger partial charge in [0.05, 0.1) is 27.9 Å². The van der Waals surface area contributed by atoms with Crippen LogP contribution in [0.1, 0.15) is 28.4 Å².